The normalized spacial score (nSPS) is 20.2. The Hall–Kier alpha value is -3.72. The number of aromatic nitrogens is 3. The van der Waals surface area contributed by atoms with Crippen LogP contribution in [0.2, 0.25) is 0 Å². The standard InChI is InChI=1S/C18H18N8O5S2/c1-31-24-11(9-7-33-18(20)22-9)14(27)23-12-15(28)26-13(17(29)30)8(6-32-16(12)26)4-25-3-2-21-10(19)5-25/h2-3,5,7,12,16H,4,6H2,1H3,(H5-,19,20,21,22,23,27,29,30)/t12?,16-/m0/s1. The molecule has 4 heterocycles. The van der Waals surface area contributed by atoms with E-state index in [2.05, 4.69) is 20.4 Å². The molecule has 0 saturated carbocycles. The Bertz CT molecular complexity index is 1200. The van der Waals surface area contributed by atoms with Gasteiger partial charge >= 0.3 is 0 Å². The molecule has 2 amide bonds. The van der Waals surface area contributed by atoms with Gasteiger partial charge in [-0.25, -0.2) is 9.97 Å². The molecule has 0 bridgehead atoms. The number of nitrogen functional groups attached to an aromatic ring is 2. The van der Waals surface area contributed by atoms with Gasteiger partial charge in [-0.1, -0.05) is 5.16 Å². The molecular formula is C18H18N8O5S2. The smallest absolute Gasteiger partial charge is 0.276 e. The third kappa shape index (κ3) is 4.31. The van der Waals surface area contributed by atoms with Gasteiger partial charge in [-0.3, -0.25) is 14.5 Å². The highest BCUT2D eigenvalue weighted by Crippen LogP contribution is 2.40. The molecule has 0 spiro atoms. The van der Waals surface area contributed by atoms with Gasteiger partial charge in [-0.05, 0) is 0 Å². The number of nitrogens with zero attached hydrogens (tertiary/aromatic N) is 5. The van der Waals surface area contributed by atoms with Gasteiger partial charge in [0.1, 0.15) is 24.2 Å². The number of rotatable bonds is 7. The monoisotopic (exact) mass is 490 g/mol. The first-order valence-electron chi connectivity index (χ1n) is 9.42. The van der Waals surface area contributed by atoms with E-state index in [1.54, 1.807) is 17.0 Å². The lowest BCUT2D eigenvalue weighted by Gasteiger charge is -2.50. The lowest BCUT2D eigenvalue weighted by Crippen LogP contribution is -2.71. The molecule has 4 rings (SSSR count). The second-order valence-electron chi connectivity index (χ2n) is 6.95. The van der Waals surface area contributed by atoms with E-state index in [1.807, 2.05) is 0 Å². The molecule has 13 nitrogen and oxygen atoms in total. The summed E-state index contributed by atoms with van der Waals surface area (Å²) >= 11 is 2.44. The summed E-state index contributed by atoms with van der Waals surface area (Å²) in [6.45, 7) is 0.187. The van der Waals surface area contributed by atoms with Crippen molar-refractivity contribution in [3.63, 3.8) is 0 Å². The predicted octanol–water partition coefficient (Wildman–Crippen LogP) is -2.56. The molecule has 1 fully saturated rings. The van der Waals surface area contributed by atoms with E-state index in [0.29, 0.717) is 11.3 Å². The maximum absolute atomic E-state index is 12.9. The van der Waals surface area contributed by atoms with Crippen molar-refractivity contribution in [3.8, 4) is 0 Å². The van der Waals surface area contributed by atoms with E-state index in [1.165, 1.54) is 30.4 Å². The van der Waals surface area contributed by atoms with Crippen LogP contribution in [0.5, 0.6) is 0 Å². The Morgan fingerprint density at radius 2 is 2.24 bits per heavy atom. The highest BCUT2D eigenvalue weighted by atomic mass is 32.2. The molecule has 2 aliphatic rings. The first kappa shape index (κ1) is 22.5. The van der Waals surface area contributed by atoms with Crippen molar-refractivity contribution in [2.45, 2.75) is 18.0 Å². The number of fused-ring (bicyclic) bond motifs is 1. The highest BCUT2D eigenvalue weighted by molar-refractivity contribution is 8.00. The van der Waals surface area contributed by atoms with Gasteiger partial charge in [0.05, 0.1) is 17.9 Å². The summed E-state index contributed by atoms with van der Waals surface area (Å²) in [7, 11) is 1.27. The largest absolute Gasteiger partial charge is 0.543 e. The van der Waals surface area contributed by atoms with Gasteiger partial charge in [-0.2, -0.15) is 4.57 Å². The summed E-state index contributed by atoms with van der Waals surface area (Å²) in [6.07, 6.45) is 4.68. The molecular weight excluding hydrogens is 472 g/mol. The fourth-order valence-corrected chi connectivity index (χ4v) is 5.35. The molecule has 1 unspecified atom stereocenters. The highest BCUT2D eigenvalue weighted by Gasteiger charge is 2.53. The minimum absolute atomic E-state index is 0.152. The number of nitrogens with one attached hydrogen (secondary N) is 1. The lowest BCUT2D eigenvalue weighted by molar-refractivity contribution is -0.688. The fraction of sp³-hybridized carbons (Fsp3) is 0.278. The van der Waals surface area contributed by atoms with Crippen LogP contribution < -0.4 is 26.5 Å². The van der Waals surface area contributed by atoms with Crippen molar-refractivity contribution in [1.29, 1.82) is 0 Å². The maximum atomic E-state index is 12.9. The van der Waals surface area contributed by atoms with Crippen molar-refractivity contribution in [3.05, 3.63) is 40.9 Å². The number of thiazole rings is 1. The quantitative estimate of drug-likeness (QED) is 0.161. The maximum Gasteiger partial charge on any atom is 0.276 e. The molecule has 1 saturated heterocycles. The fourth-order valence-electron chi connectivity index (χ4n) is 3.47. The van der Waals surface area contributed by atoms with E-state index in [0.717, 1.165) is 16.2 Å². The molecule has 0 radical (unpaired) electrons. The Balaban J connectivity index is 1.54. The molecule has 2 aromatic heterocycles. The third-order valence-corrected chi connectivity index (χ3v) is 6.86. The average molecular weight is 491 g/mol. The van der Waals surface area contributed by atoms with Crippen molar-refractivity contribution >= 4 is 57.5 Å². The van der Waals surface area contributed by atoms with Crippen LogP contribution in [0, 0.1) is 0 Å². The number of carboxylic acids is 1. The van der Waals surface area contributed by atoms with Crippen LogP contribution in [0.25, 0.3) is 0 Å². The molecule has 15 heteroatoms. The van der Waals surface area contributed by atoms with Gasteiger partial charge in [0.25, 0.3) is 11.8 Å². The van der Waals surface area contributed by atoms with E-state index in [9.17, 15) is 19.5 Å². The molecule has 0 aromatic carbocycles. The van der Waals surface area contributed by atoms with Gasteiger partial charge in [0, 0.05) is 16.7 Å². The van der Waals surface area contributed by atoms with Gasteiger partial charge in [-0.15, -0.1) is 23.1 Å². The number of carbonyl (C=O) groups is 3. The molecule has 0 aliphatic carbocycles. The summed E-state index contributed by atoms with van der Waals surface area (Å²) in [6, 6.07) is -0.958. The third-order valence-electron chi connectivity index (χ3n) is 4.84. The van der Waals surface area contributed by atoms with Crippen LogP contribution in [-0.2, 0) is 25.8 Å². The number of hydrogen-bond donors (Lipinski definition) is 3. The van der Waals surface area contributed by atoms with Crippen LogP contribution in [-0.4, -0.2) is 62.6 Å². The Morgan fingerprint density at radius 1 is 1.45 bits per heavy atom. The number of anilines is 2. The molecule has 5 N–H and O–H groups in total. The zero-order valence-corrected chi connectivity index (χ0v) is 18.8. The minimum atomic E-state index is -1.48. The number of thioether (sulfide) groups is 1. The van der Waals surface area contributed by atoms with Crippen molar-refractivity contribution in [2.75, 3.05) is 24.3 Å². The van der Waals surface area contributed by atoms with Crippen molar-refractivity contribution < 1.29 is 28.9 Å². The zero-order valence-electron chi connectivity index (χ0n) is 17.1. The lowest BCUT2D eigenvalue weighted by atomic mass is 10.0. The van der Waals surface area contributed by atoms with Gasteiger partial charge in [0.15, 0.2) is 29.4 Å². The van der Waals surface area contributed by atoms with Crippen LogP contribution in [0.3, 0.4) is 0 Å². The number of hydrogen-bond acceptors (Lipinski definition) is 12. The number of carboxylic acid groups (broad SMARTS) is 1. The zero-order chi connectivity index (χ0) is 23.7. The minimum Gasteiger partial charge on any atom is -0.543 e. The Kier molecular flexibility index (Phi) is 6.15. The number of carbonyl (C=O) groups excluding carboxylic acids is 3. The van der Waals surface area contributed by atoms with Crippen LogP contribution in [0.1, 0.15) is 5.69 Å². The second kappa shape index (κ2) is 9.03. The van der Waals surface area contributed by atoms with E-state index < -0.39 is 29.2 Å². The summed E-state index contributed by atoms with van der Waals surface area (Å²) < 4.78 is 1.66. The topological polar surface area (TPSA) is 193 Å². The molecule has 33 heavy (non-hydrogen) atoms. The summed E-state index contributed by atoms with van der Waals surface area (Å²) in [5, 5.41) is 19.3. The van der Waals surface area contributed by atoms with Gasteiger partial charge < -0.3 is 31.5 Å². The summed E-state index contributed by atoms with van der Waals surface area (Å²) in [4.78, 5) is 51.3. The molecule has 2 aliphatic heterocycles. The molecule has 172 valence electrons. The van der Waals surface area contributed by atoms with Crippen molar-refractivity contribution in [2.24, 2.45) is 5.16 Å². The van der Waals surface area contributed by atoms with Crippen molar-refractivity contribution in [1.82, 2.24) is 20.2 Å². The molecule has 2 atom stereocenters. The summed E-state index contributed by atoms with van der Waals surface area (Å²) in [5.74, 6) is -2.18. The molecule has 2 aromatic rings. The Labute approximate surface area is 195 Å². The van der Waals surface area contributed by atoms with E-state index >= 15 is 0 Å². The number of amides is 2. The average Bonchev–Trinajstić information content (AvgIpc) is 3.21. The Morgan fingerprint density at radius 3 is 2.88 bits per heavy atom. The van der Waals surface area contributed by atoms with Crippen LogP contribution in [0.15, 0.2) is 40.4 Å². The first-order chi connectivity index (χ1) is 15.8. The number of oxime groups is 1. The van der Waals surface area contributed by atoms with Crippen LogP contribution in [0.4, 0.5) is 10.9 Å². The SMILES string of the molecule is CON=C(C(=O)NC1C(=O)N2C(C(=O)[O-])=C(C[n+]3ccnc(N)c3)CS[C@@H]12)c1csc(N)n1. The summed E-state index contributed by atoms with van der Waals surface area (Å²) in [5.41, 5.74) is 11.6. The predicted molar refractivity (Wildman–Crippen MR) is 116 cm³/mol. The van der Waals surface area contributed by atoms with E-state index in [-0.39, 0.29) is 34.6 Å². The second-order valence-corrected chi connectivity index (χ2v) is 8.94. The number of aliphatic carboxylic acids is 1. The van der Waals surface area contributed by atoms with E-state index in [4.69, 9.17) is 16.3 Å². The first-order valence-corrected chi connectivity index (χ1v) is 11.3. The van der Waals surface area contributed by atoms with Gasteiger partial charge in [0.2, 0.25) is 6.20 Å². The number of β-lactam (4-membered cyclic amide) rings is 1. The number of nitrogens with two attached hydrogens (primary N) is 2. The van der Waals surface area contributed by atoms with Crippen LogP contribution >= 0.6 is 23.1 Å².